The van der Waals surface area contributed by atoms with Crippen LogP contribution in [0.15, 0.2) is 36.5 Å². The molecule has 2 aromatic rings. The first kappa shape index (κ1) is 13.8. The highest BCUT2D eigenvalue weighted by atomic mass is 16.4. The molecule has 0 spiro atoms. The van der Waals surface area contributed by atoms with Crippen molar-refractivity contribution in [3.63, 3.8) is 0 Å². The summed E-state index contributed by atoms with van der Waals surface area (Å²) in [5.41, 5.74) is 1.79. The maximum Gasteiger partial charge on any atom is 0.307 e. The lowest BCUT2D eigenvalue weighted by Gasteiger charge is -2.29. The molecule has 1 fully saturated rings. The number of hydrogen-bond acceptors (Lipinski definition) is 4. The average molecular weight is 286 g/mol. The maximum atomic E-state index is 11.1. The van der Waals surface area contributed by atoms with E-state index in [1.807, 2.05) is 30.3 Å². The summed E-state index contributed by atoms with van der Waals surface area (Å²) in [5.74, 6) is -0.962. The molecule has 0 radical (unpaired) electrons. The van der Waals surface area contributed by atoms with E-state index in [0.29, 0.717) is 13.1 Å². The molecule has 21 heavy (non-hydrogen) atoms. The summed E-state index contributed by atoms with van der Waals surface area (Å²) in [6, 6.07) is 9.74. The molecule has 0 saturated carbocycles. The minimum atomic E-state index is -0.701. The van der Waals surface area contributed by atoms with Crippen LogP contribution in [0.3, 0.4) is 0 Å². The highest BCUT2D eigenvalue weighted by molar-refractivity contribution is 5.70. The first-order chi connectivity index (χ1) is 10.2. The number of benzene rings is 1. The van der Waals surface area contributed by atoms with Gasteiger partial charge in [0.2, 0.25) is 0 Å². The Bertz CT molecular complexity index is 611. The standard InChI is InChI=1S/C15H18N4O2/c20-15(21)12-5-4-8-18(10-12)11-13-9-16-19(17-13)14-6-2-1-3-7-14/h1-3,6-7,9,12H,4-5,8,10-11H2,(H,20,21). The Labute approximate surface area is 123 Å². The largest absolute Gasteiger partial charge is 0.481 e. The summed E-state index contributed by atoms with van der Waals surface area (Å²) in [5, 5.41) is 17.8. The molecular weight excluding hydrogens is 268 g/mol. The van der Waals surface area contributed by atoms with Crippen LogP contribution in [0.4, 0.5) is 0 Å². The van der Waals surface area contributed by atoms with E-state index < -0.39 is 5.97 Å². The summed E-state index contributed by atoms with van der Waals surface area (Å²) < 4.78 is 0. The van der Waals surface area contributed by atoms with Crippen molar-refractivity contribution in [2.45, 2.75) is 19.4 Å². The van der Waals surface area contributed by atoms with E-state index in [0.717, 1.165) is 30.8 Å². The molecule has 6 heteroatoms. The van der Waals surface area contributed by atoms with Crippen LogP contribution in [0.2, 0.25) is 0 Å². The number of rotatable bonds is 4. The Morgan fingerprint density at radius 2 is 2.14 bits per heavy atom. The van der Waals surface area contributed by atoms with E-state index in [1.165, 1.54) is 0 Å². The van der Waals surface area contributed by atoms with E-state index >= 15 is 0 Å². The van der Waals surface area contributed by atoms with E-state index in [-0.39, 0.29) is 5.92 Å². The summed E-state index contributed by atoms with van der Waals surface area (Å²) in [6.45, 7) is 2.16. The third-order valence-corrected chi connectivity index (χ3v) is 3.77. The quantitative estimate of drug-likeness (QED) is 0.923. The number of aliphatic carboxylic acids is 1. The predicted molar refractivity (Wildman–Crippen MR) is 77.0 cm³/mol. The van der Waals surface area contributed by atoms with E-state index in [9.17, 15) is 4.79 Å². The van der Waals surface area contributed by atoms with Gasteiger partial charge < -0.3 is 5.11 Å². The molecule has 1 atom stereocenters. The fraction of sp³-hybridized carbons (Fsp3) is 0.400. The first-order valence-electron chi connectivity index (χ1n) is 7.14. The van der Waals surface area contributed by atoms with Gasteiger partial charge >= 0.3 is 5.97 Å². The Morgan fingerprint density at radius 1 is 1.33 bits per heavy atom. The monoisotopic (exact) mass is 286 g/mol. The highest BCUT2D eigenvalue weighted by Gasteiger charge is 2.25. The van der Waals surface area contributed by atoms with Crippen LogP contribution in [0, 0.1) is 5.92 Å². The molecule has 3 rings (SSSR count). The van der Waals surface area contributed by atoms with Gasteiger partial charge in [-0.15, -0.1) is 0 Å². The van der Waals surface area contributed by atoms with Gasteiger partial charge in [0.1, 0.15) is 0 Å². The van der Waals surface area contributed by atoms with Gasteiger partial charge in [0.05, 0.1) is 23.5 Å². The zero-order valence-electron chi connectivity index (χ0n) is 11.7. The number of hydrogen-bond donors (Lipinski definition) is 1. The van der Waals surface area contributed by atoms with Crippen LogP contribution in [0.5, 0.6) is 0 Å². The average Bonchev–Trinajstić information content (AvgIpc) is 2.97. The Hall–Kier alpha value is -2.21. The zero-order valence-corrected chi connectivity index (χ0v) is 11.7. The minimum absolute atomic E-state index is 0.261. The summed E-state index contributed by atoms with van der Waals surface area (Å²) in [6.07, 6.45) is 3.43. The second kappa shape index (κ2) is 6.05. The molecule has 110 valence electrons. The first-order valence-corrected chi connectivity index (χ1v) is 7.14. The van der Waals surface area contributed by atoms with Gasteiger partial charge in [-0.3, -0.25) is 9.69 Å². The van der Waals surface area contributed by atoms with Gasteiger partial charge in [-0.25, -0.2) is 0 Å². The SMILES string of the molecule is O=C(O)C1CCCN(Cc2cnn(-c3ccccc3)n2)C1. The third-order valence-electron chi connectivity index (χ3n) is 3.77. The van der Waals surface area contributed by atoms with Crippen LogP contribution in [0.25, 0.3) is 5.69 Å². The Kier molecular flexibility index (Phi) is 3.96. The Balaban J connectivity index is 1.66. The Morgan fingerprint density at radius 3 is 2.90 bits per heavy atom. The number of para-hydroxylation sites is 1. The van der Waals surface area contributed by atoms with Crippen LogP contribution < -0.4 is 0 Å². The predicted octanol–water partition coefficient (Wildman–Crippen LogP) is 1.56. The topological polar surface area (TPSA) is 71.2 Å². The van der Waals surface area contributed by atoms with Gasteiger partial charge in [0, 0.05) is 13.1 Å². The van der Waals surface area contributed by atoms with Gasteiger partial charge in [-0.2, -0.15) is 15.0 Å². The fourth-order valence-corrected chi connectivity index (χ4v) is 2.68. The minimum Gasteiger partial charge on any atom is -0.481 e. The lowest BCUT2D eigenvalue weighted by Crippen LogP contribution is -2.38. The lowest BCUT2D eigenvalue weighted by atomic mass is 9.98. The fourth-order valence-electron chi connectivity index (χ4n) is 2.68. The summed E-state index contributed by atoms with van der Waals surface area (Å²) in [4.78, 5) is 14.8. The third kappa shape index (κ3) is 3.28. The van der Waals surface area contributed by atoms with E-state index in [1.54, 1.807) is 11.0 Å². The molecule has 1 aromatic heterocycles. The van der Waals surface area contributed by atoms with Crippen molar-refractivity contribution in [2.24, 2.45) is 5.92 Å². The van der Waals surface area contributed by atoms with E-state index in [4.69, 9.17) is 5.11 Å². The number of carbonyl (C=O) groups is 1. The smallest absolute Gasteiger partial charge is 0.307 e. The van der Waals surface area contributed by atoms with Gasteiger partial charge in [-0.1, -0.05) is 18.2 Å². The number of piperidine rings is 1. The molecule has 1 unspecified atom stereocenters. The van der Waals surface area contributed by atoms with Crippen LogP contribution in [-0.2, 0) is 11.3 Å². The van der Waals surface area contributed by atoms with Gasteiger partial charge in [-0.05, 0) is 31.5 Å². The zero-order chi connectivity index (χ0) is 14.7. The highest BCUT2D eigenvalue weighted by Crippen LogP contribution is 2.18. The summed E-state index contributed by atoms with van der Waals surface area (Å²) >= 11 is 0. The van der Waals surface area contributed by atoms with Crippen molar-refractivity contribution in [3.8, 4) is 5.69 Å². The number of carboxylic acid groups (broad SMARTS) is 1. The number of carboxylic acids is 1. The molecule has 1 aliphatic rings. The second-order valence-corrected chi connectivity index (χ2v) is 5.37. The van der Waals surface area contributed by atoms with Crippen molar-refractivity contribution in [1.29, 1.82) is 0 Å². The van der Waals surface area contributed by atoms with Gasteiger partial charge in [0.25, 0.3) is 0 Å². The van der Waals surface area contributed by atoms with Crippen LogP contribution in [-0.4, -0.2) is 44.1 Å². The lowest BCUT2D eigenvalue weighted by molar-refractivity contribution is -0.143. The molecule has 1 saturated heterocycles. The van der Waals surface area contributed by atoms with Crippen LogP contribution in [0.1, 0.15) is 18.5 Å². The van der Waals surface area contributed by atoms with Crippen LogP contribution >= 0.6 is 0 Å². The van der Waals surface area contributed by atoms with Crippen molar-refractivity contribution in [2.75, 3.05) is 13.1 Å². The number of nitrogens with zero attached hydrogens (tertiary/aromatic N) is 4. The van der Waals surface area contributed by atoms with Gasteiger partial charge in [0.15, 0.2) is 0 Å². The van der Waals surface area contributed by atoms with Crippen molar-refractivity contribution < 1.29 is 9.90 Å². The number of likely N-dealkylation sites (tertiary alicyclic amines) is 1. The maximum absolute atomic E-state index is 11.1. The van der Waals surface area contributed by atoms with E-state index in [2.05, 4.69) is 15.1 Å². The molecule has 6 nitrogen and oxygen atoms in total. The molecule has 1 aromatic carbocycles. The normalized spacial score (nSPS) is 19.5. The second-order valence-electron chi connectivity index (χ2n) is 5.37. The molecule has 0 aliphatic carbocycles. The number of aromatic nitrogens is 3. The molecule has 0 bridgehead atoms. The summed E-state index contributed by atoms with van der Waals surface area (Å²) in [7, 11) is 0. The van der Waals surface area contributed by atoms with Crippen molar-refractivity contribution in [1.82, 2.24) is 19.9 Å². The molecule has 1 aliphatic heterocycles. The van der Waals surface area contributed by atoms with Crippen molar-refractivity contribution >= 4 is 5.97 Å². The molecule has 1 N–H and O–H groups in total. The molecule has 0 amide bonds. The molecular formula is C15H18N4O2. The molecule has 2 heterocycles. The van der Waals surface area contributed by atoms with Crippen molar-refractivity contribution in [3.05, 3.63) is 42.2 Å².